The first kappa shape index (κ1) is 19.4. The van der Waals surface area contributed by atoms with Crippen LogP contribution in [0.1, 0.15) is 24.0 Å². The first-order valence-corrected chi connectivity index (χ1v) is 10.4. The van der Waals surface area contributed by atoms with Gasteiger partial charge in [0.15, 0.2) is 11.6 Å². The monoisotopic (exact) mass is 417 g/mol. The van der Waals surface area contributed by atoms with E-state index in [-0.39, 0.29) is 6.10 Å². The summed E-state index contributed by atoms with van der Waals surface area (Å²) in [5.74, 6) is 1.41. The Morgan fingerprint density at radius 2 is 1.87 bits per heavy atom. The summed E-state index contributed by atoms with van der Waals surface area (Å²) in [4.78, 5) is 15.7. The van der Waals surface area contributed by atoms with Crippen LogP contribution in [0, 0.1) is 0 Å². The zero-order chi connectivity index (χ0) is 20.9. The molecule has 0 unspecified atom stereocenters. The van der Waals surface area contributed by atoms with Gasteiger partial charge in [-0.2, -0.15) is 0 Å². The maximum Gasteiger partial charge on any atom is 0.245 e. The molecule has 1 aliphatic heterocycles. The number of hydrogen-bond donors (Lipinski definition) is 1. The van der Waals surface area contributed by atoms with Gasteiger partial charge in [-0.15, -0.1) is 0 Å². The minimum atomic E-state index is 0.101. The van der Waals surface area contributed by atoms with Gasteiger partial charge in [0.05, 0.1) is 12.7 Å². The van der Waals surface area contributed by atoms with Gasteiger partial charge in [-0.1, -0.05) is 36.4 Å². The average Bonchev–Trinajstić information content (AvgIpc) is 3.30. The highest BCUT2D eigenvalue weighted by atomic mass is 16.6. The molecule has 4 heterocycles. The predicted molar refractivity (Wildman–Crippen MR) is 115 cm³/mol. The molecule has 1 fully saturated rings. The molecule has 0 bridgehead atoms. The van der Waals surface area contributed by atoms with E-state index in [2.05, 4.69) is 42.6 Å². The number of rotatable bonds is 7. The molecule has 0 amide bonds. The molecule has 9 heteroatoms. The van der Waals surface area contributed by atoms with Crippen molar-refractivity contribution in [3.05, 3.63) is 66.0 Å². The molecular weight excluding hydrogens is 394 g/mol. The number of fused-ring (bicyclic) bond motifs is 1. The van der Waals surface area contributed by atoms with E-state index in [0.717, 1.165) is 42.9 Å². The Labute approximate surface area is 179 Å². The van der Waals surface area contributed by atoms with Crippen LogP contribution in [0.3, 0.4) is 0 Å². The first-order chi connectivity index (χ1) is 15.3. The van der Waals surface area contributed by atoms with Gasteiger partial charge in [0.25, 0.3) is 0 Å². The SMILES string of the molecule is c1ccc(CNc2nc3nonc3nc2N2CCC[C@@H](OCc3cccnc3)C2)cc1. The molecule has 1 saturated heterocycles. The second kappa shape index (κ2) is 9.05. The molecule has 5 rings (SSSR count). The van der Waals surface area contributed by atoms with Crippen molar-refractivity contribution in [2.24, 2.45) is 0 Å². The Kier molecular flexibility index (Phi) is 5.66. The Bertz CT molecular complexity index is 1120. The van der Waals surface area contributed by atoms with Crippen LogP contribution in [-0.2, 0) is 17.9 Å². The van der Waals surface area contributed by atoms with Crippen LogP contribution >= 0.6 is 0 Å². The number of aromatic nitrogens is 5. The minimum absolute atomic E-state index is 0.101. The summed E-state index contributed by atoms with van der Waals surface area (Å²) in [6.45, 7) is 2.78. The third-order valence-electron chi connectivity index (χ3n) is 5.28. The second-order valence-corrected chi connectivity index (χ2v) is 7.53. The van der Waals surface area contributed by atoms with E-state index in [4.69, 9.17) is 14.3 Å². The zero-order valence-corrected chi connectivity index (χ0v) is 17.0. The van der Waals surface area contributed by atoms with Crippen molar-refractivity contribution >= 4 is 22.9 Å². The molecule has 1 atom stereocenters. The molecule has 9 nitrogen and oxygen atoms in total. The van der Waals surface area contributed by atoms with E-state index >= 15 is 0 Å². The Morgan fingerprint density at radius 1 is 1.03 bits per heavy atom. The fourth-order valence-corrected chi connectivity index (χ4v) is 3.71. The van der Waals surface area contributed by atoms with Gasteiger partial charge in [-0.3, -0.25) is 4.98 Å². The van der Waals surface area contributed by atoms with Crippen LogP contribution in [0.2, 0.25) is 0 Å². The molecule has 4 aromatic rings. The maximum absolute atomic E-state index is 6.17. The number of ether oxygens (including phenoxy) is 1. The van der Waals surface area contributed by atoms with Crippen LogP contribution in [0.25, 0.3) is 11.3 Å². The van der Waals surface area contributed by atoms with Crippen LogP contribution in [-0.4, -0.2) is 44.5 Å². The summed E-state index contributed by atoms with van der Waals surface area (Å²) in [5, 5.41) is 11.1. The van der Waals surface area contributed by atoms with Crippen molar-refractivity contribution < 1.29 is 9.37 Å². The number of pyridine rings is 1. The molecule has 158 valence electrons. The second-order valence-electron chi connectivity index (χ2n) is 7.53. The minimum Gasteiger partial charge on any atom is -0.372 e. The van der Waals surface area contributed by atoms with Crippen molar-refractivity contribution in [1.29, 1.82) is 0 Å². The molecule has 3 aromatic heterocycles. The molecule has 1 aliphatic rings. The van der Waals surface area contributed by atoms with Crippen molar-refractivity contribution in [3.8, 4) is 0 Å². The average molecular weight is 417 g/mol. The normalized spacial score (nSPS) is 16.5. The summed E-state index contributed by atoms with van der Waals surface area (Å²) in [5.41, 5.74) is 3.02. The highest BCUT2D eigenvalue weighted by Gasteiger charge is 2.25. The van der Waals surface area contributed by atoms with Crippen molar-refractivity contribution in [3.63, 3.8) is 0 Å². The van der Waals surface area contributed by atoms with E-state index in [9.17, 15) is 0 Å². The lowest BCUT2D eigenvalue weighted by Crippen LogP contribution is -2.40. The van der Waals surface area contributed by atoms with Crippen molar-refractivity contribution in [2.75, 3.05) is 23.3 Å². The highest BCUT2D eigenvalue weighted by Crippen LogP contribution is 2.28. The first-order valence-electron chi connectivity index (χ1n) is 10.4. The molecule has 0 saturated carbocycles. The number of nitrogens with one attached hydrogen (secondary N) is 1. The van der Waals surface area contributed by atoms with Crippen LogP contribution in [0.15, 0.2) is 59.5 Å². The van der Waals surface area contributed by atoms with Crippen molar-refractivity contribution in [1.82, 2.24) is 25.3 Å². The lowest BCUT2D eigenvalue weighted by atomic mass is 10.1. The van der Waals surface area contributed by atoms with E-state index < -0.39 is 0 Å². The van der Waals surface area contributed by atoms with E-state index in [0.29, 0.717) is 30.3 Å². The van der Waals surface area contributed by atoms with Gasteiger partial charge in [0.1, 0.15) is 0 Å². The van der Waals surface area contributed by atoms with Crippen LogP contribution in [0.5, 0.6) is 0 Å². The maximum atomic E-state index is 6.17. The van der Waals surface area contributed by atoms with E-state index in [1.807, 2.05) is 36.5 Å². The Morgan fingerprint density at radius 3 is 2.71 bits per heavy atom. The fourth-order valence-electron chi connectivity index (χ4n) is 3.71. The van der Waals surface area contributed by atoms with Gasteiger partial charge in [0, 0.05) is 32.0 Å². The number of piperidine rings is 1. The largest absolute Gasteiger partial charge is 0.372 e. The number of nitrogens with zero attached hydrogens (tertiary/aromatic N) is 6. The number of anilines is 2. The predicted octanol–water partition coefficient (Wildman–Crippen LogP) is 3.21. The summed E-state index contributed by atoms with van der Waals surface area (Å²) in [6, 6.07) is 14.1. The van der Waals surface area contributed by atoms with Crippen molar-refractivity contribution in [2.45, 2.75) is 32.1 Å². The molecule has 0 radical (unpaired) electrons. The quantitative estimate of drug-likeness (QED) is 0.485. The smallest absolute Gasteiger partial charge is 0.245 e. The Hall–Kier alpha value is -3.59. The summed E-state index contributed by atoms with van der Waals surface area (Å²) in [7, 11) is 0. The molecule has 0 aliphatic carbocycles. The van der Waals surface area contributed by atoms with Gasteiger partial charge in [-0.05, 0) is 40.3 Å². The fraction of sp³-hybridized carbons (Fsp3) is 0.318. The van der Waals surface area contributed by atoms with Gasteiger partial charge in [0.2, 0.25) is 11.3 Å². The lowest BCUT2D eigenvalue weighted by Gasteiger charge is -2.34. The number of hydrogen-bond acceptors (Lipinski definition) is 9. The Balaban J connectivity index is 1.33. The molecule has 1 N–H and O–H groups in total. The van der Waals surface area contributed by atoms with Gasteiger partial charge < -0.3 is 15.0 Å². The molecule has 1 aromatic carbocycles. The molecule has 31 heavy (non-hydrogen) atoms. The third kappa shape index (κ3) is 4.61. The summed E-state index contributed by atoms with van der Waals surface area (Å²) < 4.78 is 11.0. The zero-order valence-electron chi connectivity index (χ0n) is 17.0. The lowest BCUT2D eigenvalue weighted by molar-refractivity contribution is 0.0313. The molecular formula is C22H23N7O2. The number of benzene rings is 1. The summed E-state index contributed by atoms with van der Waals surface area (Å²) in [6.07, 6.45) is 5.72. The van der Waals surface area contributed by atoms with Gasteiger partial charge >= 0.3 is 0 Å². The molecule has 0 spiro atoms. The topological polar surface area (TPSA) is 102 Å². The van der Waals surface area contributed by atoms with E-state index in [1.54, 1.807) is 6.20 Å². The summed E-state index contributed by atoms with van der Waals surface area (Å²) >= 11 is 0. The van der Waals surface area contributed by atoms with E-state index in [1.165, 1.54) is 0 Å². The van der Waals surface area contributed by atoms with Crippen LogP contribution in [0.4, 0.5) is 11.6 Å². The van der Waals surface area contributed by atoms with Gasteiger partial charge in [-0.25, -0.2) is 14.6 Å². The third-order valence-corrected chi connectivity index (χ3v) is 5.28. The standard InChI is InChI=1S/C22H23N7O2/c1-2-6-16(7-3-1)13-24-21-22(26-20-19(25-21)27-31-28-20)29-11-5-9-18(14-29)30-15-17-8-4-10-23-12-17/h1-4,6-8,10,12,18H,5,9,11,13-15H2,(H,24,25,27)/t18-/m1/s1. The highest BCUT2D eigenvalue weighted by molar-refractivity contribution is 5.74. The van der Waals surface area contributed by atoms with Crippen LogP contribution < -0.4 is 10.2 Å².